The van der Waals surface area contributed by atoms with Crippen molar-refractivity contribution in [1.29, 1.82) is 5.26 Å². The zero-order chi connectivity index (χ0) is 26.7. The number of anilines is 1. The average Bonchev–Trinajstić information content (AvgIpc) is 3.40. The molecule has 0 saturated carbocycles. The lowest BCUT2D eigenvalue weighted by Gasteiger charge is -2.28. The molecule has 13 heteroatoms. The van der Waals surface area contributed by atoms with E-state index < -0.39 is 28.2 Å². The van der Waals surface area contributed by atoms with E-state index in [1.165, 1.54) is 15.6 Å². The van der Waals surface area contributed by atoms with Gasteiger partial charge in [0, 0.05) is 13.1 Å². The van der Waals surface area contributed by atoms with Gasteiger partial charge in [-0.1, -0.05) is 30.3 Å². The van der Waals surface area contributed by atoms with Crippen LogP contribution in [0.25, 0.3) is 10.8 Å². The quantitative estimate of drug-likeness (QED) is 0.524. The van der Waals surface area contributed by atoms with Crippen molar-refractivity contribution in [1.82, 2.24) is 4.90 Å². The van der Waals surface area contributed by atoms with Gasteiger partial charge < -0.3 is 10.0 Å². The largest absolute Gasteiger partial charge is 0.490 e. The van der Waals surface area contributed by atoms with Crippen LogP contribution >= 0.6 is 11.3 Å². The second-order valence-corrected chi connectivity index (χ2v) is 10.7. The predicted octanol–water partition coefficient (Wildman–Crippen LogP) is 3.97. The van der Waals surface area contributed by atoms with Crippen LogP contribution in [-0.4, -0.2) is 55.3 Å². The molecule has 1 aliphatic rings. The van der Waals surface area contributed by atoms with Gasteiger partial charge in [0.05, 0.1) is 11.9 Å². The van der Waals surface area contributed by atoms with E-state index in [2.05, 4.69) is 6.07 Å². The molecule has 0 bridgehead atoms. The van der Waals surface area contributed by atoms with Crippen molar-refractivity contribution in [2.75, 3.05) is 17.1 Å². The number of hydrogen-bond donors (Lipinski definition) is 1. The Hall–Kier alpha value is -3.63. The summed E-state index contributed by atoms with van der Waals surface area (Å²) < 4.78 is 58.2. The van der Waals surface area contributed by atoms with Crippen LogP contribution in [0.2, 0.25) is 0 Å². The smallest absolute Gasteiger partial charge is 0.475 e. The zero-order valence-electron chi connectivity index (χ0n) is 18.8. The lowest BCUT2D eigenvalue weighted by atomic mass is 10.1. The topological polar surface area (TPSA) is 119 Å². The van der Waals surface area contributed by atoms with Gasteiger partial charge in [0.15, 0.2) is 0 Å². The number of alkyl halides is 3. The van der Waals surface area contributed by atoms with E-state index in [1.54, 1.807) is 17.0 Å². The summed E-state index contributed by atoms with van der Waals surface area (Å²) in [7, 11) is -3.65. The number of carboxylic acids is 1. The standard InChI is InChI=1S/C21H19N3O3S2.C2HF3O2/c1-29(26,27)24(18-7-6-16-4-2-3-5-17(16)11-18)20-8-9-23(21(20)25)13-15-10-19(12-22)28-14-15;3-2(4,5)1(6)7/h2-7,10-11,14,20H,8-9,13H2,1H3;(H,6,7)/t20-;/m0./s1. The van der Waals surface area contributed by atoms with Crippen LogP contribution in [-0.2, 0) is 26.2 Å². The Morgan fingerprint density at radius 3 is 2.42 bits per heavy atom. The van der Waals surface area contributed by atoms with Crippen LogP contribution in [0.4, 0.5) is 18.9 Å². The Balaban J connectivity index is 0.000000454. The van der Waals surface area contributed by atoms with Crippen LogP contribution in [0, 0.1) is 11.3 Å². The number of thiophene rings is 1. The number of nitrogens with zero attached hydrogens (tertiary/aromatic N) is 3. The molecule has 1 fully saturated rings. The molecule has 0 spiro atoms. The van der Waals surface area contributed by atoms with Crippen molar-refractivity contribution in [3.63, 3.8) is 0 Å². The molecule has 0 radical (unpaired) electrons. The van der Waals surface area contributed by atoms with Gasteiger partial charge >= 0.3 is 12.1 Å². The molecule has 8 nitrogen and oxygen atoms in total. The van der Waals surface area contributed by atoms with Gasteiger partial charge in [-0.15, -0.1) is 11.3 Å². The van der Waals surface area contributed by atoms with E-state index in [0.717, 1.165) is 22.6 Å². The first kappa shape index (κ1) is 27.0. The number of rotatable bonds is 5. The minimum Gasteiger partial charge on any atom is -0.475 e. The van der Waals surface area contributed by atoms with Crippen molar-refractivity contribution < 1.29 is 36.3 Å². The third-order valence-corrected chi connectivity index (χ3v) is 7.34. The van der Waals surface area contributed by atoms with Crippen LogP contribution in [0.3, 0.4) is 0 Å². The number of hydrogen-bond acceptors (Lipinski definition) is 6. The van der Waals surface area contributed by atoms with Gasteiger partial charge in [-0.25, -0.2) is 13.2 Å². The summed E-state index contributed by atoms with van der Waals surface area (Å²) in [5, 5.41) is 19.9. The van der Waals surface area contributed by atoms with Crippen molar-refractivity contribution in [2.24, 2.45) is 0 Å². The second kappa shape index (κ2) is 10.5. The minimum absolute atomic E-state index is 0.215. The van der Waals surface area contributed by atoms with Gasteiger partial charge in [0.2, 0.25) is 15.9 Å². The van der Waals surface area contributed by atoms with E-state index >= 15 is 0 Å². The highest BCUT2D eigenvalue weighted by atomic mass is 32.2. The number of halogens is 3. The predicted molar refractivity (Wildman–Crippen MR) is 128 cm³/mol. The van der Waals surface area contributed by atoms with Gasteiger partial charge in [0.25, 0.3) is 0 Å². The fourth-order valence-electron chi connectivity index (χ4n) is 3.75. The second-order valence-electron chi connectivity index (χ2n) is 7.89. The lowest BCUT2D eigenvalue weighted by molar-refractivity contribution is -0.192. The van der Waals surface area contributed by atoms with Crippen LogP contribution in [0.1, 0.15) is 16.9 Å². The first-order chi connectivity index (χ1) is 16.8. The lowest BCUT2D eigenvalue weighted by Crippen LogP contribution is -2.45. The summed E-state index contributed by atoms with van der Waals surface area (Å²) in [6.07, 6.45) is -3.52. The molecule has 36 heavy (non-hydrogen) atoms. The average molecular weight is 540 g/mol. The monoisotopic (exact) mass is 539 g/mol. The number of fused-ring (bicyclic) bond motifs is 1. The summed E-state index contributed by atoms with van der Waals surface area (Å²) in [5.41, 5.74) is 1.38. The molecule has 2 heterocycles. The molecule has 0 aliphatic carbocycles. The number of aliphatic carboxylic acids is 1. The highest BCUT2D eigenvalue weighted by Gasteiger charge is 2.40. The maximum atomic E-state index is 13.1. The van der Waals surface area contributed by atoms with Crippen molar-refractivity contribution in [3.8, 4) is 6.07 Å². The first-order valence-corrected chi connectivity index (χ1v) is 13.1. The van der Waals surface area contributed by atoms with Crippen molar-refractivity contribution in [3.05, 3.63) is 64.4 Å². The van der Waals surface area contributed by atoms with Crippen molar-refractivity contribution in [2.45, 2.75) is 25.2 Å². The number of amides is 1. The molecule has 0 unspecified atom stereocenters. The molecule has 1 atom stereocenters. The SMILES string of the molecule is CS(=O)(=O)N(c1ccc2ccccc2c1)[C@H]1CCN(Cc2csc(C#N)c2)C1=O.O=C(O)C(F)(F)F. The first-order valence-electron chi connectivity index (χ1n) is 10.4. The molecular formula is C23H20F3N3O5S2. The maximum Gasteiger partial charge on any atom is 0.490 e. The molecular weight excluding hydrogens is 519 g/mol. The molecule has 2 aromatic carbocycles. The number of nitriles is 1. The zero-order valence-corrected chi connectivity index (χ0v) is 20.4. The normalized spacial score (nSPS) is 15.8. The Bertz CT molecular complexity index is 1430. The maximum absolute atomic E-state index is 13.1. The highest BCUT2D eigenvalue weighted by Crippen LogP contribution is 2.30. The van der Waals surface area contributed by atoms with E-state index in [0.29, 0.717) is 30.1 Å². The summed E-state index contributed by atoms with van der Waals surface area (Å²) in [6, 6.07) is 16.2. The molecule has 1 N–H and O–H groups in total. The number of carboxylic acid groups (broad SMARTS) is 1. The third-order valence-electron chi connectivity index (χ3n) is 5.28. The minimum atomic E-state index is -5.08. The molecule has 1 aromatic heterocycles. The fraction of sp³-hybridized carbons (Fsp3) is 0.261. The summed E-state index contributed by atoms with van der Waals surface area (Å²) in [5.74, 6) is -2.97. The molecule has 3 aromatic rings. The molecule has 190 valence electrons. The molecule has 1 saturated heterocycles. The van der Waals surface area contributed by atoms with Crippen LogP contribution in [0.15, 0.2) is 53.9 Å². The number of sulfonamides is 1. The van der Waals surface area contributed by atoms with E-state index in [9.17, 15) is 26.4 Å². The van der Waals surface area contributed by atoms with Gasteiger partial charge in [-0.2, -0.15) is 18.4 Å². The summed E-state index contributed by atoms with van der Waals surface area (Å²) in [6.45, 7) is 0.851. The molecule has 4 rings (SSSR count). The Morgan fingerprint density at radius 2 is 1.86 bits per heavy atom. The van der Waals surface area contributed by atoms with Crippen LogP contribution in [0.5, 0.6) is 0 Å². The van der Waals surface area contributed by atoms with E-state index in [4.69, 9.17) is 15.2 Å². The van der Waals surface area contributed by atoms with E-state index in [1.807, 2.05) is 41.8 Å². The fourth-order valence-corrected chi connectivity index (χ4v) is 5.60. The number of carbonyl (C=O) groups is 2. The van der Waals surface area contributed by atoms with Crippen LogP contribution < -0.4 is 4.31 Å². The number of likely N-dealkylation sites (tertiary alicyclic amines) is 1. The van der Waals surface area contributed by atoms with Gasteiger partial charge in [0.1, 0.15) is 17.0 Å². The summed E-state index contributed by atoms with van der Waals surface area (Å²) in [4.78, 5) is 24.2. The van der Waals surface area contributed by atoms with Gasteiger partial charge in [-0.3, -0.25) is 9.10 Å². The molecule has 1 aliphatic heterocycles. The Morgan fingerprint density at radius 1 is 1.22 bits per heavy atom. The number of benzene rings is 2. The van der Waals surface area contributed by atoms with Crippen molar-refractivity contribution >= 4 is 49.7 Å². The molecule has 1 amide bonds. The Labute approximate surface area is 208 Å². The van der Waals surface area contributed by atoms with E-state index in [-0.39, 0.29) is 5.91 Å². The number of carbonyl (C=O) groups excluding carboxylic acids is 1. The summed E-state index contributed by atoms with van der Waals surface area (Å²) >= 11 is 1.34. The van der Waals surface area contributed by atoms with Gasteiger partial charge in [-0.05, 0) is 46.3 Å². The highest BCUT2D eigenvalue weighted by molar-refractivity contribution is 7.92. The Kier molecular flexibility index (Phi) is 7.90. The third kappa shape index (κ3) is 6.32.